The number of nitrogens with zero attached hydrogens (tertiary/aromatic N) is 1. The number of rotatable bonds is 2. The molecule has 1 aromatic heterocycles. The third-order valence-corrected chi connectivity index (χ3v) is 2.26. The highest BCUT2D eigenvalue weighted by atomic mass is 16.5. The quantitative estimate of drug-likeness (QED) is 0.796. The number of ether oxygens (including phenoxy) is 1. The van der Waals surface area contributed by atoms with Crippen LogP contribution in [0.3, 0.4) is 0 Å². The highest BCUT2D eigenvalue weighted by molar-refractivity contribution is 5.85. The number of carboxylic acids is 1. The molecule has 0 spiro atoms. The third-order valence-electron chi connectivity index (χ3n) is 2.26. The molecule has 1 aliphatic rings. The summed E-state index contributed by atoms with van der Waals surface area (Å²) in [6.07, 6.45) is 2.73. The zero-order chi connectivity index (χ0) is 10.7. The first-order chi connectivity index (χ1) is 7.27. The Kier molecular flexibility index (Phi) is 2.78. The zero-order valence-corrected chi connectivity index (χ0v) is 8.14. The van der Waals surface area contributed by atoms with E-state index in [1.807, 2.05) is 12.1 Å². The van der Waals surface area contributed by atoms with Crippen molar-refractivity contribution in [3.05, 3.63) is 35.7 Å². The molecule has 78 valence electrons. The predicted octanol–water partition coefficient (Wildman–Crippen LogP) is 1.58. The molecule has 0 bridgehead atoms. The first-order valence-electron chi connectivity index (χ1n) is 4.75. The van der Waals surface area contributed by atoms with Gasteiger partial charge in [-0.05, 0) is 24.1 Å². The molecule has 0 saturated carbocycles. The molecular weight excluding hydrogens is 194 g/mol. The Morgan fingerprint density at radius 3 is 3.00 bits per heavy atom. The highest BCUT2D eigenvalue weighted by Crippen LogP contribution is 2.19. The van der Waals surface area contributed by atoms with Crippen LogP contribution in [0.15, 0.2) is 24.3 Å². The Balaban J connectivity index is 2.31. The molecule has 0 aliphatic carbocycles. The van der Waals surface area contributed by atoms with E-state index in [0.717, 1.165) is 17.7 Å². The molecule has 0 fully saturated rings. The molecule has 4 nitrogen and oxygen atoms in total. The molecule has 0 radical (unpaired) electrons. The van der Waals surface area contributed by atoms with Crippen LogP contribution in [0.4, 0.5) is 0 Å². The Hall–Kier alpha value is -1.68. The predicted molar refractivity (Wildman–Crippen MR) is 54.6 cm³/mol. The van der Waals surface area contributed by atoms with Gasteiger partial charge in [-0.1, -0.05) is 12.1 Å². The average molecular weight is 205 g/mol. The molecule has 0 atom stereocenters. The van der Waals surface area contributed by atoms with Crippen molar-refractivity contribution in [2.45, 2.75) is 6.42 Å². The van der Waals surface area contributed by atoms with Crippen molar-refractivity contribution in [3.8, 4) is 0 Å². The van der Waals surface area contributed by atoms with E-state index in [-0.39, 0.29) is 5.69 Å². The second kappa shape index (κ2) is 4.23. The summed E-state index contributed by atoms with van der Waals surface area (Å²) in [6, 6.07) is 5.03. The summed E-state index contributed by atoms with van der Waals surface area (Å²) in [5.41, 5.74) is 1.88. The van der Waals surface area contributed by atoms with E-state index >= 15 is 0 Å². The number of aromatic carboxylic acids is 1. The fourth-order valence-electron chi connectivity index (χ4n) is 1.49. The Labute approximate surface area is 87.2 Å². The van der Waals surface area contributed by atoms with E-state index in [0.29, 0.717) is 13.2 Å². The Morgan fingerprint density at radius 2 is 2.33 bits per heavy atom. The lowest BCUT2D eigenvalue weighted by Crippen LogP contribution is -2.07. The number of hydrogen-bond acceptors (Lipinski definition) is 3. The van der Waals surface area contributed by atoms with Gasteiger partial charge in [0.1, 0.15) is 5.69 Å². The molecule has 0 saturated heterocycles. The van der Waals surface area contributed by atoms with Crippen LogP contribution in [-0.4, -0.2) is 29.3 Å². The van der Waals surface area contributed by atoms with Crippen LogP contribution in [-0.2, 0) is 4.74 Å². The smallest absolute Gasteiger partial charge is 0.354 e. The molecule has 1 aromatic rings. The molecule has 1 aliphatic heterocycles. The van der Waals surface area contributed by atoms with Gasteiger partial charge in [-0.3, -0.25) is 0 Å². The van der Waals surface area contributed by atoms with Gasteiger partial charge in [0.2, 0.25) is 0 Å². The maximum Gasteiger partial charge on any atom is 0.354 e. The summed E-state index contributed by atoms with van der Waals surface area (Å²) in [7, 11) is 0. The summed E-state index contributed by atoms with van der Waals surface area (Å²) in [5.74, 6) is -0.996. The summed E-state index contributed by atoms with van der Waals surface area (Å²) >= 11 is 0. The lowest BCUT2D eigenvalue weighted by atomic mass is 10.1. The Morgan fingerprint density at radius 1 is 1.47 bits per heavy atom. The molecule has 2 heterocycles. The number of aromatic nitrogens is 1. The SMILES string of the molecule is O=C(O)c1cccc(C2=CCOCC2)n1. The van der Waals surface area contributed by atoms with Gasteiger partial charge in [0.25, 0.3) is 0 Å². The first kappa shape index (κ1) is 9.86. The van der Waals surface area contributed by atoms with Crippen molar-refractivity contribution < 1.29 is 14.6 Å². The molecule has 15 heavy (non-hydrogen) atoms. The van der Waals surface area contributed by atoms with Gasteiger partial charge in [0, 0.05) is 0 Å². The lowest BCUT2D eigenvalue weighted by molar-refractivity contribution is 0.0690. The summed E-state index contributed by atoms with van der Waals surface area (Å²) in [5, 5.41) is 8.80. The standard InChI is InChI=1S/C11H11NO3/c13-11(14)10-3-1-2-9(12-10)8-4-6-15-7-5-8/h1-4H,5-7H2,(H,13,14). The number of carbonyl (C=O) groups is 1. The van der Waals surface area contributed by atoms with Gasteiger partial charge in [0.05, 0.1) is 18.9 Å². The number of pyridine rings is 1. The normalized spacial score (nSPS) is 15.9. The van der Waals surface area contributed by atoms with Crippen molar-refractivity contribution in [2.24, 2.45) is 0 Å². The molecule has 2 rings (SSSR count). The van der Waals surface area contributed by atoms with Gasteiger partial charge in [-0.15, -0.1) is 0 Å². The van der Waals surface area contributed by atoms with Crippen LogP contribution >= 0.6 is 0 Å². The molecule has 4 heteroatoms. The highest BCUT2D eigenvalue weighted by Gasteiger charge is 2.10. The Bertz CT molecular complexity index is 412. The topological polar surface area (TPSA) is 59.4 Å². The molecule has 0 unspecified atom stereocenters. The zero-order valence-electron chi connectivity index (χ0n) is 8.14. The number of carboxylic acid groups (broad SMARTS) is 1. The van der Waals surface area contributed by atoms with Gasteiger partial charge >= 0.3 is 5.97 Å². The average Bonchev–Trinajstić information content (AvgIpc) is 2.30. The minimum Gasteiger partial charge on any atom is -0.477 e. The van der Waals surface area contributed by atoms with Crippen LogP contribution in [0.5, 0.6) is 0 Å². The van der Waals surface area contributed by atoms with Crippen LogP contribution in [0.25, 0.3) is 5.57 Å². The van der Waals surface area contributed by atoms with E-state index in [2.05, 4.69) is 4.98 Å². The largest absolute Gasteiger partial charge is 0.477 e. The van der Waals surface area contributed by atoms with E-state index < -0.39 is 5.97 Å². The lowest BCUT2D eigenvalue weighted by Gasteiger charge is -2.12. The van der Waals surface area contributed by atoms with Crippen molar-refractivity contribution >= 4 is 11.5 Å². The molecular formula is C11H11NO3. The van der Waals surface area contributed by atoms with Crippen molar-refractivity contribution in [2.75, 3.05) is 13.2 Å². The van der Waals surface area contributed by atoms with Crippen molar-refractivity contribution in [1.29, 1.82) is 0 Å². The summed E-state index contributed by atoms with van der Waals surface area (Å²) < 4.78 is 5.18. The van der Waals surface area contributed by atoms with Gasteiger partial charge < -0.3 is 9.84 Å². The second-order valence-electron chi connectivity index (χ2n) is 3.27. The third kappa shape index (κ3) is 2.22. The first-order valence-corrected chi connectivity index (χ1v) is 4.75. The number of hydrogen-bond donors (Lipinski definition) is 1. The van der Waals surface area contributed by atoms with E-state index in [1.165, 1.54) is 6.07 Å². The van der Waals surface area contributed by atoms with Crippen molar-refractivity contribution in [1.82, 2.24) is 4.98 Å². The molecule has 1 N–H and O–H groups in total. The van der Waals surface area contributed by atoms with Gasteiger partial charge in [-0.25, -0.2) is 9.78 Å². The minimum atomic E-state index is -0.996. The molecule has 0 amide bonds. The fourth-order valence-corrected chi connectivity index (χ4v) is 1.49. The summed E-state index contributed by atoms with van der Waals surface area (Å²) in [6.45, 7) is 1.25. The minimum absolute atomic E-state index is 0.0832. The van der Waals surface area contributed by atoms with Crippen LogP contribution in [0.2, 0.25) is 0 Å². The van der Waals surface area contributed by atoms with Gasteiger partial charge in [0.15, 0.2) is 0 Å². The molecule has 0 aromatic carbocycles. The monoisotopic (exact) mass is 205 g/mol. The van der Waals surface area contributed by atoms with Crippen LogP contribution in [0.1, 0.15) is 22.6 Å². The second-order valence-corrected chi connectivity index (χ2v) is 3.27. The van der Waals surface area contributed by atoms with E-state index in [1.54, 1.807) is 6.07 Å². The summed E-state index contributed by atoms with van der Waals surface area (Å²) in [4.78, 5) is 14.8. The van der Waals surface area contributed by atoms with E-state index in [9.17, 15) is 4.79 Å². The maximum absolute atomic E-state index is 10.7. The van der Waals surface area contributed by atoms with Crippen molar-refractivity contribution in [3.63, 3.8) is 0 Å². The fraction of sp³-hybridized carbons (Fsp3) is 0.273. The maximum atomic E-state index is 10.7. The van der Waals surface area contributed by atoms with Crippen LogP contribution < -0.4 is 0 Å². The van der Waals surface area contributed by atoms with Gasteiger partial charge in [-0.2, -0.15) is 0 Å². The van der Waals surface area contributed by atoms with Crippen LogP contribution in [0, 0.1) is 0 Å². The van der Waals surface area contributed by atoms with E-state index in [4.69, 9.17) is 9.84 Å².